The van der Waals surface area contributed by atoms with Crippen molar-refractivity contribution >= 4 is 28.9 Å². The average Bonchev–Trinajstić information content (AvgIpc) is 3.05. The molecule has 0 saturated carbocycles. The minimum atomic E-state index is -0.153. The van der Waals surface area contributed by atoms with Crippen molar-refractivity contribution in [3.05, 3.63) is 28.7 Å². The van der Waals surface area contributed by atoms with Crippen molar-refractivity contribution < 1.29 is 14.3 Å². The van der Waals surface area contributed by atoms with Crippen LogP contribution in [0, 0.1) is 5.92 Å². The zero-order valence-electron chi connectivity index (χ0n) is 17.1. The molecule has 2 aliphatic rings. The van der Waals surface area contributed by atoms with E-state index in [1.54, 1.807) is 0 Å². The lowest BCUT2D eigenvalue weighted by Gasteiger charge is -2.30. The van der Waals surface area contributed by atoms with Crippen molar-refractivity contribution in [3.63, 3.8) is 0 Å². The van der Waals surface area contributed by atoms with Crippen LogP contribution in [0.1, 0.15) is 52.0 Å². The van der Waals surface area contributed by atoms with E-state index in [4.69, 9.17) is 9.47 Å². The number of piperidine rings is 1. The number of likely N-dealkylation sites (tertiary alicyclic amines) is 1. The zero-order valence-corrected chi connectivity index (χ0v) is 17.9. The quantitative estimate of drug-likeness (QED) is 0.476. The standard InChI is InChI=1S/C22H30N2O3S/c1-4-6-13-27-18-8-7-17(14-19(18)26-5-2)15-20-21(25)23-22(28-20)24-11-9-16(3)10-12-24/h7-8,14-16H,4-6,9-13H2,1-3H3. The number of nitrogens with zero attached hydrogens (tertiary/aromatic N) is 2. The summed E-state index contributed by atoms with van der Waals surface area (Å²) in [5.74, 6) is 2.07. The van der Waals surface area contributed by atoms with Gasteiger partial charge in [-0.3, -0.25) is 4.79 Å². The van der Waals surface area contributed by atoms with Gasteiger partial charge in [-0.25, -0.2) is 0 Å². The third-order valence-electron chi connectivity index (χ3n) is 4.98. The molecule has 28 heavy (non-hydrogen) atoms. The highest BCUT2D eigenvalue weighted by molar-refractivity contribution is 8.18. The maximum Gasteiger partial charge on any atom is 0.286 e. The van der Waals surface area contributed by atoms with Crippen LogP contribution in [0.3, 0.4) is 0 Å². The molecule has 0 bridgehead atoms. The van der Waals surface area contributed by atoms with Gasteiger partial charge in [-0.1, -0.05) is 26.3 Å². The van der Waals surface area contributed by atoms with Crippen LogP contribution >= 0.6 is 11.8 Å². The first-order chi connectivity index (χ1) is 13.6. The van der Waals surface area contributed by atoms with E-state index < -0.39 is 0 Å². The van der Waals surface area contributed by atoms with E-state index in [-0.39, 0.29) is 5.91 Å². The van der Waals surface area contributed by atoms with Gasteiger partial charge in [0.05, 0.1) is 18.1 Å². The van der Waals surface area contributed by atoms with Crippen molar-refractivity contribution in [3.8, 4) is 11.5 Å². The maximum absolute atomic E-state index is 12.4. The number of benzene rings is 1. The summed E-state index contributed by atoms with van der Waals surface area (Å²) in [7, 11) is 0. The van der Waals surface area contributed by atoms with E-state index in [1.165, 1.54) is 11.8 Å². The first-order valence-corrected chi connectivity index (χ1v) is 11.1. The van der Waals surface area contributed by atoms with Gasteiger partial charge in [0.2, 0.25) is 0 Å². The fourth-order valence-corrected chi connectivity index (χ4v) is 4.18. The Hall–Kier alpha value is -1.95. The van der Waals surface area contributed by atoms with E-state index in [0.717, 1.165) is 66.9 Å². The minimum Gasteiger partial charge on any atom is -0.490 e. The summed E-state index contributed by atoms with van der Waals surface area (Å²) in [6.45, 7) is 9.58. The van der Waals surface area contributed by atoms with E-state index in [9.17, 15) is 4.79 Å². The Morgan fingerprint density at radius 3 is 2.71 bits per heavy atom. The molecule has 1 fully saturated rings. The summed E-state index contributed by atoms with van der Waals surface area (Å²) in [5, 5.41) is 0.840. The molecule has 1 aromatic carbocycles. The lowest BCUT2D eigenvalue weighted by Crippen LogP contribution is -2.35. The smallest absolute Gasteiger partial charge is 0.286 e. The van der Waals surface area contributed by atoms with Crippen molar-refractivity contribution in [2.45, 2.75) is 46.5 Å². The summed E-state index contributed by atoms with van der Waals surface area (Å²) in [5.41, 5.74) is 0.922. The molecule has 0 unspecified atom stereocenters. The normalized spacial score (nSPS) is 19.2. The molecular weight excluding hydrogens is 372 g/mol. The molecule has 152 valence electrons. The highest BCUT2D eigenvalue weighted by atomic mass is 32.2. The molecular formula is C22H30N2O3S. The number of carbonyl (C=O) groups is 1. The van der Waals surface area contributed by atoms with Crippen molar-refractivity contribution in [2.24, 2.45) is 10.9 Å². The van der Waals surface area contributed by atoms with Gasteiger partial charge in [-0.15, -0.1) is 0 Å². The SMILES string of the molecule is CCCCOc1ccc(C=C2SC(N3CCC(C)CC3)=NC2=O)cc1OCC. The Balaban J connectivity index is 1.70. The predicted octanol–water partition coefficient (Wildman–Crippen LogP) is 4.97. The number of hydrogen-bond acceptors (Lipinski definition) is 5. The first-order valence-electron chi connectivity index (χ1n) is 10.3. The number of unbranched alkanes of at least 4 members (excludes halogenated alkanes) is 1. The molecule has 5 nitrogen and oxygen atoms in total. The van der Waals surface area contributed by atoms with Crippen LogP contribution in [-0.4, -0.2) is 42.3 Å². The number of aliphatic imine (C=N–C) groups is 1. The molecule has 0 aromatic heterocycles. The van der Waals surface area contributed by atoms with Crippen LogP contribution < -0.4 is 9.47 Å². The van der Waals surface area contributed by atoms with Crippen molar-refractivity contribution in [1.29, 1.82) is 0 Å². The zero-order chi connectivity index (χ0) is 19.9. The number of rotatable bonds is 7. The van der Waals surface area contributed by atoms with Crippen molar-refractivity contribution in [1.82, 2.24) is 4.90 Å². The number of ether oxygens (including phenoxy) is 2. The number of amides is 1. The Morgan fingerprint density at radius 2 is 2.00 bits per heavy atom. The molecule has 0 radical (unpaired) electrons. The predicted molar refractivity (Wildman–Crippen MR) is 116 cm³/mol. The lowest BCUT2D eigenvalue weighted by atomic mass is 10.00. The van der Waals surface area contributed by atoms with Crippen molar-refractivity contribution in [2.75, 3.05) is 26.3 Å². The van der Waals surface area contributed by atoms with Crippen LogP contribution in [0.25, 0.3) is 6.08 Å². The van der Waals surface area contributed by atoms with Crippen LogP contribution in [0.2, 0.25) is 0 Å². The monoisotopic (exact) mass is 402 g/mol. The molecule has 0 atom stereocenters. The minimum absolute atomic E-state index is 0.153. The Kier molecular flexibility index (Phi) is 7.43. The summed E-state index contributed by atoms with van der Waals surface area (Å²) in [6.07, 6.45) is 6.31. The van der Waals surface area contributed by atoms with Crippen LogP contribution in [0.4, 0.5) is 0 Å². The molecule has 1 aromatic rings. The second-order valence-electron chi connectivity index (χ2n) is 7.32. The third kappa shape index (κ3) is 5.31. The van der Waals surface area contributed by atoms with Crippen LogP contribution in [0.5, 0.6) is 11.5 Å². The molecule has 1 saturated heterocycles. The fourth-order valence-electron chi connectivity index (χ4n) is 3.21. The molecule has 0 aliphatic carbocycles. The van der Waals surface area contributed by atoms with E-state index in [0.29, 0.717) is 18.1 Å². The summed E-state index contributed by atoms with van der Waals surface area (Å²) < 4.78 is 11.6. The number of amidine groups is 1. The molecule has 2 heterocycles. The van der Waals surface area contributed by atoms with Gasteiger partial charge in [0.15, 0.2) is 16.7 Å². The molecule has 1 amide bonds. The number of carbonyl (C=O) groups excluding carboxylic acids is 1. The topological polar surface area (TPSA) is 51.1 Å². The van der Waals surface area contributed by atoms with Gasteiger partial charge < -0.3 is 14.4 Å². The molecule has 2 aliphatic heterocycles. The van der Waals surface area contributed by atoms with Gasteiger partial charge in [0.1, 0.15) is 0 Å². The maximum atomic E-state index is 12.4. The third-order valence-corrected chi connectivity index (χ3v) is 6.03. The van der Waals surface area contributed by atoms with Gasteiger partial charge in [0.25, 0.3) is 5.91 Å². The second-order valence-corrected chi connectivity index (χ2v) is 8.33. The number of hydrogen-bond donors (Lipinski definition) is 0. The van der Waals surface area contributed by atoms with Gasteiger partial charge >= 0.3 is 0 Å². The fraction of sp³-hybridized carbons (Fsp3) is 0.545. The van der Waals surface area contributed by atoms with Gasteiger partial charge in [-0.05, 0) is 67.6 Å². The Labute approximate surface area is 172 Å². The summed E-state index contributed by atoms with van der Waals surface area (Å²) in [6, 6.07) is 5.82. The first kappa shape index (κ1) is 20.8. The Morgan fingerprint density at radius 1 is 1.21 bits per heavy atom. The highest BCUT2D eigenvalue weighted by Gasteiger charge is 2.28. The molecule has 0 N–H and O–H groups in total. The molecule has 3 rings (SSSR count). The highest BCUT2D eigenvalue weighted by Crippen LogP contribution is 2.34. The summed E-state index contributed by atoms with van der Waals surface area (Å²) >= 11 is 1.48. The van der Waals surface area contributed by atoms with Gasteiger partial charge in [-0.2, -0.15) is 4.99 Å². The molecule has 0 spiro atoms. The number of thioether (sulfide) groups is 1. The molecule has 6 heteroatoms. The van der Waals surface area contributed by atoms with E-state index in [1.807, 2.05) is 31.2 Å². The lowest BCUT2D eigenvalue weighted by molar-refractivity contribution is -0.113. The van der Waals surface area contributed by atoms with Gasteiger partial charge in [0, 0.05) is 13.1 Å². The second kappa shape index (κ2) is 10.0. The summed E-state index contributed by atoms with van der Waals surface area (Å²) in [4.78, 5) is 19.6. The largest absolute Gasteiger partial charge is 0.490 e. The van der Waals surface area contributed by atoms with E-state index >= 15 is 0 Å². The van der Waals surface area contributed by atoms with Crippen LogP contribution in [-0.2, 0) is 4.79 Å². The van der Waals surface area contributed by atoms with E-state index in [2.05, 4.69) is 23.7 Å². The average molecular weight is 403 g/mol. The van der Waals surface area contributed by atoms with Crippen LogP contribution in [0.15, 0.2) is 28.1 Å². The Bertz CT molecular complexity index is 752.